The van der Waals surface area contributed by atoms with Crippen LogP contribution < -0.4 is 10.6 Å². The number of carbonyl (C=O) groups excluding carboxylic acids is 1. The van der Waals surface area contributed by atoms with Crippen LogP contribution in [0.4, 0.5) is 5.69 Å². The van der Waals surface area contributed by atoms with Crippen molar-refractivity contribution < 1.29 is 35.9 Å². The van der Waals surface area contributed by atoms with Crippen molar-refractivity contribution in [3.63, 3.8) is 0 Å². The van der Waals surface area contributed by atoms with Crippen molar-refractivity contribution in [2.24, 2.45) is 9.81 Å². The van der Waals surface area contributed by atoms with Crippen LogP contribution in [-0.4, -0.2) is 57.7 Å². The summed E-state index contributed by atoms with van der Waals surface area (Å²) in [6, 6.07) is 2.88. The Balaban J connectivity index is 2.12. The molecule has 1 aliphatic heterocycles. The van der Waals surface area contributed by atoms with Gasteiger partial charge in [-0.3, -0.25) is 0 Å². The van der Waals surface area contributed by atoms with Gasteiger partial charge in [0.05, 0.1) is 18.3 Å². The van der Waals surface area contributed by atoms with Crippen molar-refractivity contribution >= 4 is 48.9 Å². The summed E-state index contributed by atoms with van der Waals surface area (Å²) in [4.78, 5) is 12.1. The van der Waals surface area contributed by atoms with Crippen LogP contribution in [-0.2, 0) is 29.6 Å². The van der Waals surface area contributed by atoms with E-state index in [2.05, 4.69) is 15.0 Å². The fourth-order valence-electron chi connectivity index (χ4n) is 3.95. The van der Waals surface area contributed by atoms with E-state index in [1.165, 1.54) is 16.6 Å². The average Bonchev–Trinajstić information content (AvgIpc) is 3.47. The molecule has 0 aliphatic carbocycles. The van der Waals surface area contributed by atoms with Crippen molar-refractivity contribution in [3.8, 4) is 5.75 Å². The Morgan fingerprint density at radius 2 is 1.87 bits per heavy atom. The summed E-state index contributed by atoms with van der Waals surface area (Å²) in [6.07, 6.45) is 0. The van der Waals surface area contributed by atoms with Crippen LogP contribution in [0, 0.1) is 12.3 Å². The van der Waals surface area contributed by atoms with Gasteiger partial charge in [0, 0.05) is 18.5 Å². The van der Waals surface area contributed by atoms with E-state index in [0.717, 1.165) is 11.3 Å². The second kappa shape index (κ2) is 11.3. The van der Waals surface area contributed by atoms with Gasteiger partial charge in [0.15, 0.2) is 15.8 Å². The summed E-state index contributed by atoms with van der Waals surface area (Å²) in [5.41, 5.74) is -0.823. The molecule has 0 spiro atoms. The molecule has 0 aromatic carbocycles. The third-order valence-corrected chi connectivity index (χ3v) is 10.7. The first-order chi connectivity index (χ1) is 18.1. The maximum atomic E-state index is 13.1. The Kier molecular flexibility index (Phi) is 8.89. The van der Waals surface area contributed by atoms with Crippen molar-refractivity contribution in [2.75, 3.05) is 25.0 Å². The van der Waals surface area contributed by atoms with Crippen LogP contribution >= 0.6 is 11.3 Å². The van der Waals surface area contributed by atoms with Gasteiger partial charge in [-0.1, -0.05) is 34.6 Å². The van der Waals surface area contributed by atoms with E-state index in [9.17, 15) is 26.7 Å². The minimum atomic E-state index is -4.52. The molecule has 0 saturated heterocycles. The summed E-state index contributed by atoms with van der Waals surface area (Å²) >= 11 is 0.770. The minimum absolute atomic E-state index is 0.0775. The average molecular weight is 603 g/mol. The van der Waals surface area contributed by atoms with Crippen LogP contribution in [0.1, 0.15) is 59.1 Å². The molecule has 3 heterocycles. The van der Waals surface area contributed by atoms with Crippen molar-refractivity contribution in [1.82, 2.24) is 9.62 Å². The first-order valence-corrected chi connectivity index (χ1v) is 16.0. The number of hydrogen-bond donors (Lipinski definition) is 3. The second-order valence-electron chi connectivity index (χ2n) is 9.73. The fraction of sp³-hybridized carbons (Fsp3) is 0.500. The number of sulfonamides is 2. The molecule has 12 nitrogen and oxygen atoms in total. The number of aryl methyl sites for hydroxylation is 1. The molecular weight excluding hydrogens is 568 g/mol. The molecule has 216 valence electrons. The molecule has 0 fully saturated rings. The van der Waals surface area contributed by atoms with Gasteiger partial charge >= 0.3 is 5.97 Å². The Bertz CT molecular complexity index is 1510. The highest BCUT2D eigenvalue weighted by Gasteiger charge is 2.42. The minimum Gasteiger partial charge on any atom is -0.504 e. The highest BCUT2D eigenvalue weighted by atomic mass is 32.2. The lowest BCUT2D eigenvalue weighted by atomic mass is 9.85. The number of hydrogen-bond acceptors (Lipinski definition) is 11. The number of thiophene rings is 1. The van der Waals surface area contributed by atoms with Gasteiger partial charge in [-0.15, -0.1) is 15.7 Å². The van der Waals surface area contributed by atoms with Crippen molar-refractivity contribution in [3.05, 3.63) is 39.6 Å². The number of aromatic hydroxyl groups is 1. The number of furan rings is 1. The van der Waals surface area contributed by atoms with Gasteiger partial charge in [0.25, 0.3) is 20.0 Å². The molecule has 15 heteroatoms. The molecular formula is C24H34N4O8S3. The van der Waals surface area contributed by atoms with E-state index in [0.29, 0.717) is 11.5 Å². The van der Waals surface area contributed by atoms with Gasteiger partial charge in [0.2, 0.25) is 4.91 Å². The number of rotatable bonds is 10. The predicted octanol–water partition coefficient (Wildman–Crippen LogP) is 3.69. The van der Waals surface area contributed by atoms with Crippen LogP contribution in [0.2, 0.25) is 0 Å². The lowest BCUT2D eigenvalue weighted by Crippen LogP contribution is -2.36. The molecule has 0 unspecified atom stereocenters. The fourth-order valence-corrected chi connectivity index (χ4v) is 7.94. The van der Waals surface area contributed by atoms with Gasteiger partial charge < -0.3 is 24.9 Å². The van der Waals surface area contributed by atoms with E-state index >= 15 is 0 Å². The van der Waals surface area contributed by atoms with Crippen LogP contribution in [0.5, 0.6) is 5.75 Å². The van der Waals surface area contributed by atoms with Crippen molar-refractivity contribution in [1.29, 1.82) is 0 Å². The molecule has 3 N–H and O–H groups in total. The Hall–Kier alpha value is -2.88. The molecule has 0 amide bonds. The number of carbonyl (C=O) groups is 1. The van der Waals surface area contributed by atoms with E-state index in [1.54, 1.807) is 32.9 Å². The molecule has 2 aromatic rings. The van der Waals surface area contributed by atoms with E-state index < -0.39 is 48.1 Å². The Morgan fingerprint density at radius 3 is 2.38 bits per heavy atom. The second-order valence-corrected chi connectivity index (χ2v) is 14.3. The molecule has 2 aromatic heterocycles. The van der Waals surface area contributed by atoms with Gasteiger partial charge in [0.1, 0.15) is 17.2 Å². The summed E-state index contributed by atoms with van der Waals surface area (Å²) in [6.45, 7) is 12.7. The molecule has 0 radical (unpaired) electrons. The molecule has 39 heavy (non-hydrogen) atoms. The zero-order valence-corrected chi connectivity index (χ0v) is 25.3. The predicted molar refractivity (Wildman–Crippen MR) is 149 cm³/mol. The zero-order chi connectivity index (χ0) is 29.3. The SMILES string of the molecule is CCOC(=O)C1=C(N[C@@H](c2ccc(C)o2)C(C)(C)C)C(Nc2csc(S(=O)(=O)N(CC)CC)c2O)=NS1(=O)=O. The molecule has 0 saturated carbocycles. The van der Waals surface area contributed by atoms with E-state index in [1.807, 2.05) is 20.8 Å². The monoisotopic (exact) mass is 602 g/mol. The normalized spacial score (nSPS) is 16.4. The van der Waals surface area contributed by atoms with Crippen LogP contribution in [0.3, 0.4) is 0 Å². The quantitative estimate of drug-likeness (QED) is 0.341. The highest BCUT2D eigenvalue weighted by Crippen LogP contribution is 2.41. The third-order valence-electron chi connectivity index (χ3n) is 5.86. The number of nitrogens with one attached hydrogen (secondary N) is 2. The van der Waals surface area contributed by atoms with Crippen LogP contribution in [0.15, 0.2) is 41.1 Å². The third kappa shape index (κ3) is 6.15. The molecule has 3 rings (SSSR count). The lowest BCUT2D eigenvalue weighted by Gasteiger charge is -2.31. The summed E-state index contributed by atoms with van der Waals surface area (Å²) in [5.74, 6) is -0.884. The standard InChI is InChI=1S/C24H34N4O8S3/c1-8-28(9-2)39(33,34)23-18(29)15(13-37-23)25-21-17(19(22(30)35-10-3)38(31,32)27-21)26-20(24(5,6)7)16-12-11-14(4)36-16/h11-13,20,26,29H,8-10H2,1-7H3,(H,25,27)/t20-/m0/s1. The highest BCUT2D eigenvalue weighted by molar-refractivity contribution is 7.95. The number of ether oxygens (including phenoxy) is 1. The maximum Gasteiger partial charge on any atom is 0.354 e. The smallest absolute Gasteiger partial charge is 0.354 e. The number of esters is 1. The summed E-state index contributed by atoms with van der Waals surface area (Å²) in [7, 11) is -8.51. The topological polar surface area (TPSA) is 168 Å². The van der Waals surface area contributed by atoms with Gasteiger partial charge in [-0.2, -0.15) is 12.7 Å². The molecule has 0 bridgehead atoms. The number of amidine groups is 1. The largest absolute Gasteiger partial charge is 0.504 e. The number of nitrogens with zero attached hydrogens (tertiary/aromatic N) is 2. The van der Waals surface area contributed by atoms with Crippen LogP contribution in [0.25, 0.3) is 0 Å². The number of anilines is 1. The first-order valence-electron chi connectivity index (χ1n) is 12.3. The zero-order valence-electron chi connectivity index (χ0n) is 22.9. The summed E-state index contributed by atoms with van der Waals surface area (Å²) in [5, 5.41) is 18.0. The maximum absolute atomic E-state index is 13.1. The summed E-state index contributed by atoms with van der Waals surface area (Å²) < 4.78 is 67.6. The van der Waals surface area contributed by atoms with Gasteiger partial charge in [-0.25, -0.2) is 13.2 Å². The Morgan fingerprint density at radius 1 is 1.23 bits per heavy atom. The molecule has 1 atom stereocenters. The van der Waals surface area contributed by atoms with Crippen molar-refractivity contribution in [2.45, 2.75) is 58.7 Å². The first kappa shape index (κ1) is 30.7. The Labute approximate surface area is 232 Å². The van der Waals surface area contributed by atoms with Gasteiger partial charge in [-0.05, 0) is 31.4 Å². The van der Waals surface area contributed by atoms with E-state index in [-0.39, 0.29) is 41.1 Å². The lowest BCUT2D eigenvalue weighted by molar-refractivity contribution is -0.137. The molecule has 1 aliphatic rings. The van der Waals surface area contributed by atoms with E-state index in [4.69, 9.17) is 9.15 Å².